The molecule has 15 nitrogen and oxygen atoms in total. The van der Waals surface area contributed by atoms with E-state index in [1.165, 1.54) is 44.8 Å². The molecule has 17 heteroatoms. The molecule has 0 aliphatic heterocycles. The molecule has 5 rings (SSSR count). The highest BCUT2D eigenvalue weighted by Crippen LogP contribution is 2.52. The fourth-order valence-corrected chi connectivity index (χ4v) is 6.23. The van der Waals surface area contributed by atoms with Gasteiger partial charge in [-0.2, -0.15) is 0 Å². The zero-order chi connectivity index (χ0) is 29.9. The van der Waals surface area contributed by atoms with Crippen molar-refractivity contribution in [3.63, 3.8) is 0 Å². The van der Waals surface area contributed by atoms with Crippen molar-refractivity contribution in [3.8, 4) is 23.0 Å². The van der Waals surface area contributed by atoms with Crippen LogP contribution in [0.4, 0.5) is 5.82 Å². The molecule has 1 saturated carbocycles. The fraction of sp³-hybridized carbons (Fsp3) is 0.320. The molecule has 4 N–H and O–H groups in total. The number of imidazole rings is 1. The van der Waals surface area contributed by atoms with Crippen LogP contribution in [0.25, 0.3) is 11.2 Å². The molecule has 5 atom stereocenters. The standard InChI is InChI=1S/C25H29N5O10P2/c1-35-17-3-7-19(8-4-17)39-41(31,32)37-12-16-11-22(30-15-29-23-24(26)27-14-28-25(23)30)21(16)13-38-42(33,34)40-20-9-5-18(36-2)6-10-20/h3-10,14-16,21-22H,11-13H2,1-2H3,(H,31,32)(H,33,34)(H2,26,27,28). The molecule has 1 fully saturated rings. The van der Waals surface area contributed by atoms with Gasteiger partial charge in [0.2, 0.25) is 0 Å². The predicted molar refractivity (Wildman–Crippen MR) is 149 cm³/mol. The van der Waals surface area contributed by atoms with Gasteiger partial charge in [0.05, 0.1) is 33.8 Å². The molecule has 0 bridgehead atoms. The van der Waals surface area contributed by atoms with E-state index in [2.05, 4.69) is 15.0 Å². The van der Waals surface area contributed by atoms with E-state index in [9.17, 15) is 18.9 Å². The van der Waals surface area contributed by atoms with Crippen LogP contribution in [0.5, 0.6) is 23.0 Å². The molecule has 2 heterocycles. The number of fused-ring (bicyclic) bond motifs is 1. The van der Waals surface area contributed by atoms with Crippen LogP contribution in [-0.2, 0) is 18.2 Å². The summed E-state index contributed by atoms with van der Waals surface area (Å²) in [5, 5.41) is 0. The second-order valence-corrected chi connectivity index (χ2v) is 12.1. The lowest BCUT2D eigenvalue weighted by molar-refractivity contribution is -0.00444. The number of hydrogen-bond acceptors (Lipinski definition) is 12. The zero-order valence-corrected chi connectivity index (χ0v) is 24.3. The number of aromatic nitrogens is 4. The van der Waals surface area contributed by atoms with E-state index >= 15 is 0 Å². The normalized spacial score (nSPS) is 21.1. The van der Waals surface area contributed by atoms with Crippen LogP contribution in [0.15, 0.2) is 61.2 Å². The Hall–Kier alpha value is -3.71. The third-order valence-corrected chi connectivity index (χ3v) is 8.66. The minimum Gasteiger partial charge on any atom is -0.497 e. The van der Waals surface area contributed by atoms with Crippen molar-refractivity contribution in [2.24, 2.45) is 11.8 Å². The third kappa shape index (κ3) is 6.84. The Morgan fingerprint density at radius 3 is 1.90 bits per heavy atom. The van der Waals surface area contributed by atoms with Gasteiger partial charge in [-0.25, -0.2) is 24.1 Å². The minimum atomic E-state index is -4.55. The Balaban J connectivity index is 1.28. The predicted octanol–water partition coefficient (Wildman–Crippen LogP) is 3.99. The molecular formula is C25H29N5O10P2. The van der Waals surface area contributed by atoms with E-state index in [1.807, 2.05) is 0 Å². The van der Waals surface area contributed by atoms with E-state index in [0.717, 1.165) is 0 Å². The van der Waals surface area contributed by atoms with Gasteiger partial charge in [-0.05, 0) is 60.9 Å². The Kier molecular flexibility index (Phi) is 8.69. The van der Waals surface area contributed by atoms with Gasteiger partial charge >= 0.3 is 15.6 Å². The first-order valence-corrected chi connectivity index (χ1v) is 15.6. The van der Waals surface area contributed by atoms with E-state index in [0.29, 0.717) is 29.1 Å². The lowest BCUT2D eigenvalue weighted by Crippen LogP contribution is -2.43. The number of nitrogen functional groups attached to an aromatic ring is 1. The van der Waals surface area contributed by atoms with Crippen LogP contribution in [0.2, 0.25) is 0 Å². The maximum Gasteiger partial charge on any atom is 0.527 e. The fourth-order valence-electron chi connectivity index (χ4n) is 4.61. The Labute approximate surface area is 240 Å². The first kappa shape index (κ1) is 29.8. The van der Waals surface area contributed by atoms with Crippen molar-refractivity contribution in [3.05, 3.63) is 61.2 Å². The number of rotatable bonds is 13. The van der Waals surface area contributed by atoms with Gasteiger partial charge in [-0.15, -0.1) is 0 Å². The Bertz CT molecular complexity index is 1620. The maximum absolute atomic E-state index is 12.8. The largest absolute Gasteiger partial charge is 0.527 e. The molecule has 0 amide bonds. The molecule has 1 aliphatic rings. The van der Waals surface area contributed by atoms with Crippen molar-refractivity contribution < 1.29 is 46.5 Å². The summed E-state index contributed by atoms with van der Waals surface area (Å²) < 4.78 is 58.4. The summed E-state index contributed by atoms with van der Waals surface area (Å²) in [6.07, 6.45) is 3.30. The molecule has 4 aromatic rings. The first-order chi connectivity index (χ1) is 20.1. The quantitative estimate of drug-likeness (QED) is 0.181. The van der Waals surface area contributed by atoms with Gasteiger partial charge in [0.1, 0.15) is 34.8 Å². The summed E-state index contributed by atoms with van der Waals surface area (Å²) in [5.74, 6) is 0.687. The van der Waals surface area contributed by atoms with Crippen molar-refractivity contribution in [2.45, 2.75) is 12.5 Å². The molecule has 2 aromatic carbocycles. The van der Waals surface area contributed by atoms with E-state index in [1.54, 1.807) is 35.2 Å². The second-order valence-electron chi connectivity index (χ2n) is 9.37. The third-order valence-electron chi connectivity index (χ3n) is 6.83. The number of hydrogen-bond donors (Lipinski definition) is 3. The molecular weight excluding hydrogens is 592 g/mol. The number of phosphoric ester groups is 2. The average Bonchev–Trinajstić information content (AvgIpc) is 3.37. The van der Waals surface area contributed by atoms with Gasteiger partial charge in [0.25, 0.3) is 0 Å². The number of benzene rings is 2. The lowest BCUT2D eigenvalue weighted by Gasteiger charge is -2.45. The summed E-state index contributed by atoms with van der Waals surface area (Å²) in [5.41, 5.74) is 6.80. The van der Waals surface area contributed by atoms with E-state index < -0.39 is 21.6 Å². The van der Waals surface area contributed by atoms with Crippen LogP contribution >= 0.6 is 15.6 Å². The van der Waals surface area contributed by atoms with Crippen LogP contribution < -0.4 is 24.3 Å². The summed E-state index contributed by atoms with van der Waals surface area (Å²) in [6.45, 7) is -0.453. The van der Waals surface area contributed by atoms with Gasteiger partial charge in [-0.1, -0.05) is 0 Å². The van der Waals surface area contributed by atoms with Crippen molar-refractivity contribution in [2.75, 3.05) is 33.2 Å². The van der Waals surface area contributed by atoms with Gasteiger partial charge in [0.15, 0.2) is 11.5 Å². The molecule has 0 radical (unpaired) electrons. The van der Waals surface area contributed by atoms with Gasteiger partial charge < -0.3 is 28.8 Å². The topological polar surface area (TPSA) is 200 Å². The molecule has 5 unspecified atom stereocenters. The monoisotopic (exact) mass is 621 g/mol. The van der Waals surface area contributed by atoms with Crippen molar-refractivity contribution >= 4 is 32.6 Å². The van der Waals surface area contributed by atoms with Gasteiger partial charge in [0, 0.05) is 12.0 Å². The van der Waals surface area contributed by atoms with Crippen LogP contribution in [0, 0.1) is 11.8 Å². The number of phosphoric acid groups is 2. The van der Waals surface area contributed by atoms with Gasteiger partial charge in [-0.3, -0.25) is 18.8 Å². The summed E-state index contributed by atoms with van der Waals surface area (Å²) in [7, 11) is -6.06. The Morgan fingerprint density at radius 1 is 0.833 bits per heavy atom. The first-order valence-electron chi connectivity index (χ1n) is 12.6. The summed E-state index contributed by atoms with van der Waals surface area (Å²) >= 11 is 0. The van der Waals surface area contributed by atoms with Crippen molar-refractivity contribution in [1.29, 1.82) is 0 Å². The number of methoxy groups -OCH3 is 2. The van der Waals surface area contributed by atoms with Crippen LogP contribution in [0.1, 0.15) is 12.5 Å². The summed E-state index contributed by atoms with van der Waals surface area (Å²) in [4.78, 5) is 33.2. The molecule has 224 valence electrons. The minimum absolute atomic E-state index is 0.108. The van der Waals surface area contributed by atoms with E-state index in [4.69, 9.17) is 33.3 Å². The number of ether oxygens (including phenoxy) is 2. The number of nitrogens with zero attached hydrogens (tertiary/aromatic N) is 4. The van der Waals surface area contributed by atoms with Crippen LogP contribution in [0.3, 0.4) is 0 Å². The number of anilines is 1. The Morgan fingerprint density at radius 2 is 1.36 bits per heavy atom. The number of nitrogens with two attached hydrogens (primary N) is 1. The maximum atomic E-state index is 12.8. The van der Waals surface area contributed by atoms with Crippen LogP contribution in [-0.4, -0.2) is 56.7 Å². The smallest absolute Gasteiger partial charge is 0.497 e. The highest BCUT2D eigenvalue weighted by molar-refractivity contribution is 7.48. The molecule has 0 saturated heterocycles. The zero-order valence-electron chi connectivity index (χ0n) is 22.5. The van der Waals surface area contributed by atoms with E-state index in [-0.39, 0.29) is 42.5 Å². The molecule has 2 aromatic heterocycles. The van der Waals surface area contributed by atoms with Crippen molar-refractivity contribution in [1.82, 2.24) is 19.5 Å². The molecule has 0 spiro atoms. The lowest BCUT2D eigenvalue weighted by atomic mass is 9.70. The molecule has 1 aliphatic carbocycles. The SMILES string of the molecule is COc1ccc(OP(=O)(O)OCC2CC(n3cnc4c(N)ncnc43)C2COP(=O)(O)Oc2ccc(OC)cc2)cc1. The second kappa shape index (κ2) is 12.3. The highest BCUT2D eigenvalue weighted by Gasteiger charge is 2.45. The summed E-state index contributed by atoms with van der Waals surface area (Å²) in [6, 6.07) is 11.9. The average molecular weight is 621 g/mol. The highest BCUT2D eigenvalue weighted by atomic mass is 31.2. The molecule has 42 heavy (non-hydrogen) atoms.